The van der Waals surface area contributed by atoms with Crippen LogP contribution in [0, 0.1) is 12.8 Å². The number of aromatic nitrogens is 2. The first kappa shape index (κ1) is 11.3. The number of ketones is 1. The molecule has 2 aromatic rings. The van der Waals surface area contributed by atoms with Crippen LogP contribution in [0.15, 0.2) is 18.2 Å². The van der Waals surface area contributed by atoms with E-state index in [9.17, 15) is 9.59 Å². The third-order valence-corrected chi connectivity index (χ3v) is 2.65. The topological polar surface area (TPSA) is 83.1 Å². The van der Waals surface area contributed by atoms with E-state index in [1.54, 1.807) is 18.2 Å². The Morgan fingerprint density at radius 2 is 2.12 bits per heavy atom. The maximum atomic E-state index is 11.8. The monoisotopic (exact) mass is 232 g/mol. The number of aromatic amines is 1. The highest BCUT2D eigenvalue weighted by Crippen LogP contribution is 2.16. The van der Waals surface area contributed by atoms with Crippen LogP contribution in [0.25, 0.3) is 11.0 Å². The Morgan fingerprint density at radius 1 is 1.41 bits per heavy atom. The molecule has 1 aromatic heterocycles. The van der Waals surface area contributed by atoms with Crippen LogP contribution in [0.1, 0.15) is 23.1 Å². The van der Waals surface area contributed by atoms with Gasteiger partial charge in [-0.05, 0) is 32.0 Å². The van der Waals surface area contributed by atoms with Crippen molar-refractivity contribution in [2.75, 3.05) is 0 Å². The molecule has 1 unspecified atom stereocenters. The number of nitrogens with zero attached hydrogens (tertiary/aromatic N) is 1. The van der Waals surface area contributed by atoms with E-state index in [0.717, 1.165) is 16.9 Å². The van der Waals surface area contributed by atoms with E-state index in [1.807, 2.05) is 6.92 Å². The lowest BCUT2D eigenvalue weighted by Crippen LogP contribution is -2.20. The third kappa shape index (κ3) is 2.04. The summed E-state index contributed by atoms with van der Waals surface area (Å²) in [7, 11) is 0. The highest BCUT2D eigenvalue weighted by atomic mass is 16.4. The maximum absolute atomic E-state index is 11.8. The summed E-state index contributed by atoms with van der Waals surface area (Å²) in [6, 6.07) is 4.95. The number of nitrogens with one attached hydrogen (secondary N) is 1. The molecule has 0 amide bonds. The predicted octanol–water partition coefficient (Wildman–Crippen LogP) is 1.77. The molecule has 0 saturated carbocycles. The summed E-state index contributed by atoms with van der Waals surface area (Å²) in [5.41, 5.74) is 1.89. The molecule has 0 spiro atoms. The van der Waals surface area contributed by atoms with E-state index < -0.39 is 17.7 Å². The lowest BCUT2D eigenvalue weighted by Gasteiger charge is -2.04. The summed E-state index contributed by atoms with van der Waals surface area (Å²) in [6.07, 6.45) is 0. The molecule has 1 aromatic carbocycles. The van der Waals surface area contributed by atoms with Gasteiger partial charge in [-0.25, -0.2) is 4.98 Å². The van der Waals surface area contributed by atoms with Crippen molar-refractivity contribution in [2.24, 2.45) is 5.92 Å². The molecule has 0 radical (unpaired) electrons. The van der Waals surface area contributed by atoms with Crippen LogP contribution in [0.4, 0.5) is 0 Å². The maximum Gasteiger partial charge on any atom is 0.314 e. The minimum atomic E-state index is -1.11. The molecule has 5 heteroatoms. The first-order valence-electron chi connectivity index (χ1n) is 5.22. The van der Waals surface area contributed by atoms with Crippen LogP contribution in [-0.2, 0) is 4.79 Å². The summed E-state index contributed by atoms with van der Waals surface area (Å²) in [5, 5.41) is 8.79. The Bertz CT molecular complexity index is 601. The number of carbonyl (C=O) groups excluding carboxylic acids is 1. The van der Waals surface area contributed by atoms with Crippen LogP contribution in [0.2, 0.25) is 0 Å². The van der Waals surface area contributed by atoms with Crippen LogP contribution in [0.3, 0.4) is 0 Å². The minimum Gasteiger partial charge on any atom is -0.481 e. The second-order valence-corrected chi connectivity index (χ2v) is 3.98. The van der Waals surface area contributed by atoms with Gasteiger partial charge in [-0.3, -0.25) is 9.59 Å². The number of rotatable bonds is 3. The summed E-state index contributed by atoms with van der Waals surface area (Å²) in [4.78, 5) is 29.8. The number of benzene rings is 1. The van der Waals surface area contributed by atoms with Gasteiger partial charge >= 0.3 is 5.97 Å². The number of aliphatic carboxylic acids is 1. The zero-order valence-corrected chi connectivity index (χ0v) is 9.52. The first-order chi connectivity index (χ1) is 7.99. The van der Waals surface area contributed by atoms with E-state index in [2.05, 4.69) is 9.97 Å². The largest absolute Gasteiger partial charge is 0.481 e. The number of carboxylic acid groups (broad SMARTS) is 1. The Hall–Kier alpha value is -2.17. The standard InChI is InChI=1S/C12H12N2O3/c1-6(12(16)17)11(15)8-3-4-9-10(5-8)14-7(2)13-9/h3-6H,1-2H3,(H,13,14)(H,16,17). The van der Waals surface area contributed by atoms with Gasteiger partial charge < -0.3 is 10.1 Å². The van der Waals surface area contributed by atoms with Crippen LogP contribution in [-0.4, -0.2) is 26.8 Å². The van der Waals surface area contributed by atoms with Crippen molar-refractivity contribution in [3.8, 4) is 0 Å². The fourth-order valence-electron chi connectivity index (χ4n) is 1.65. The Kier molecular flexibility index (Phi) is 2.67. The molecule has 2 rings (SSSR count). The molecule has 0 bridgehead atoms. The van der Waals surface area contributed by atoms with E-state index in [1.165, 1.54) is 6.92 Å². The number of hydrogen-bond acceptors (Lipinski definition) is 3. The average molecular weight is 232 g/mol. The molecule has 5 nitrogen and oxygen atoms in total. The van der Waals surface area contributed by atoms with E-state index in [0.29, 0.717) is 5.56 Å². The molecule has 2 N–H and O–H groups in total. The highest BCUT2D eigenvalue weighted by Gasteiger charge is 2.22. The quantitative estimate of drug-likeness (QED) is 0.624. The molecule has 1 heterocycles. The van der Waals surface area contributed by atoms with Crippen LogP contribution < -0.4 is 0 Å². The van der Waals surface area contributed by atoms with Crippen LogP contribution >= 0.6 is 0 Å². The van der Waals surface area contributed by atoms with Gasteiger partial charge in [0.15, 0.2) is 5.78 Å². The van der Waals surface area contributed by atoms with Crippen molar-refractivity contribution in [2.45, 2.75) is 13.8 Å². The predicted molar refractivity (Wildman–Crippen MR) is 62.0 cm³/mol. The van der Waals surface area contributed by atoms with Crippen LogP contribution in [0.5, 0.6) is 0 Å². The van der Waals surface area contributed by atoms with Crippen molar-refractivity contribution < 1.29 is 14.7 Å². The number of H-pyrrole nitrogens is 1. The van der Waals surface area contributed by atoms with Gasteiger partial charge in [0.25, 0.3) is 0 Å². The lowest BCUT2D eigenvalue weighted by molar-refractivity contribution is -0.139. The van der Waals surface area contributed by atoms with Crippen molar-refractivity contribution in [1.29, 1.82) is 0 Å². The minimum absolute atomic E-state index is 0.385. The fraction of sp³-hybridized carbons (Fsp3) is 0.250. The molecule has 0 aliphatic carbocycles. The summed E-state index contributed by atoms with van der Waals surface area (Å²) < 4.78 is 0. The molecule has 17 heavy (non-hydrogen) atoms. The molecular weight excluding hydrogens is 220 g/mol. The normalized spacial score (nSPS) is 12.6. The molecule has 0 aliphatic rings. The Labute approximate surface area is 97.5 Å². The molecule has 0 saturated heterocycles. The van der Waals surface area contributed by atoms with Gasteiger partial charge in [0, 0.05) is 5.56 Å². The zero-order chi connectivity index (χ0) is 12.6. The highest BCUT2D eigenvalue weighted by molar-refractivity contribution is 6.09. The molecule has 0 fully saturated rings. The van der Waals surface area contributed by atoms with Crippen molar-refractivity contribution in [3.05, 3.63) is 29.6 Å². The van der Waals surface area contributed by atoms with E-state index in [-0.39, 0.29) is 0 Å². The first-order valence-corrected chi connectivity index (χ1v) is 5.22. The van der Waals surface area contributed by atoms with Crippen molar-refractivity contribution in [1.82, 2.24) is 9.97 Å². The SMILES string of the molecule is Cc1nc2ccc(C(=O)C(C)C(=O)O)cc2[nH]1. The number of carboxylic acids is 1. The van der Waals surface area contributed by atoms with Gasteiger partial charge in [-0.2, -0.15) is 0 Å². The van der Waals surface area contributed by atoms with Gasteiger partial charge in [0.1, 0.15) is 11.7 Å². The van der Waals surface area contributed by atoms with Crippen molar-refractivity contribution >= 4 is 22.8 Å². The van der Waals surface area contributed by atoms with Gasteiger partial charge in [0.2, 0.25) is 0 Å². The Morgan fingerprint density at radius 3 is 2.76 bits per heavy atom. The molecule has 1 atom stereocenters. The lowest BCUT2D eigenvalue weighted by atomic mass is 9.99. The Balaban J connectivity index is 2.42. The van der Waals surface area contributed by atoms with E-state index >= 15 is 0 Å². The number of carbonyl (C=O) groups is 2. The van der Waals surface area contributed by atoms with Gasteiger partial charge in [-0.1, -0.05) is 0 Å². The number of hydrogen-bond donors (Lipinski definition) is 2. The molecule has 0 aliphatic heterocycles. The zero-order valence-electron chi connectivity index (χ0n) is 9.52. The second kappa shape index (κ2) is 4.01. The fourth-order valence-corrected chi connectivity index (χ4v) is 1.65. The number of Topliss-reactive ketones (excluding diaryl/α,β-unsaturated/α-hetero) is 1. The summed E-state index contributed by atoms with van der Waals surface area (Å²) in [5.74, 6) is -1.78. The average Bonchev–Trinajstić information content (AvgIpc) is 2.65. The molecular formula is C12H12N2O3. The number of fused-ring (bicyclic) bond motifs is 1. The second-order valence-electron chi connectivity index (χ2n) is 3.98. The molecule has 88 valence electrons. The van der Waals surface area contributed by atoms with Gasteiger partial charge in [0.05, 0.1) is 11.0 Å². The summed E-state index contributed by atoms with van der Waals surface area (Å²) in [6.45, 7) is 3.20. The van der Waals surface area contributed by atoms with Crippen molar-refractivity contribution in [3.63, 3.8) is 0 Å². The van der Waals surface area contributed by atoms with E-state index in [4.69, 9.17) is 5.11 Å². The summed E-state index contributed by atoms with van der Waals surface area (Å²) >= 11 is 0. The number of aryl methyl sites for hydroxylation is 1. The smallest absolute Gasteiger partial charge is 0.314 e. The third-order valence-electron chi connectivity index (χ3n) is 2.65. The van der Waals surface area contributed by atoms with Gasteiger partial charge in [-0.15, -0.1) is 0 Å². The number of imidazole rings is 1.